The Balaban J connectivity index is 1.39. The molecule has 128 valence electrons. The smallest absolute Gasteiger partial charge is 0.185 e. The molecule has 4 heteroatoms. The van der Waals surface area contributed by atoms with E-state index in [4.69, 9.17) is 0 Å². The van der Waals surface area contributed by atoms with Gasteiger partial charge in [-0.15, -0.1) is 11.3 Å². The number of aromatic nitrogens is 1. The summed E-state index contributed by atoms with van der Waals surface area (Å²) in [5, 5.41) is 1.23. The van der Waals surface area contributed by atoms with E-state index in [9.17, 15) is 0 Å². The fourth-order valence-electron chi connectivity index (χ4n) is 4.04. The molecule has 4 rings (SSSR count). The van der Waals surface area contributed by atoms with Crippen LogP contribution in [0, 0.1) is 6.92 Å². The number of aryl methyl sites for hydroxylation is 1. The molecule has 24 heavy (non-hydrogen) atoms. The van der Waals surface area contributed by atoms with Gasteiger partial charge in [0.25, 0.3) is 0 Å². The summed E-state index contributed by atoms with van der Waals surface area (Å²) in [4.78, 5) is 11.2. The Labute approximate surface area is 149 Å². The van der Waals surface area contributed by atoms with E-state index in [1.165, 1.54) is 73.0 Å². The topological polar surface area (TPSA) is 19.4 Å². The van der Waals surface area contributed by atoms with Crippen molar-refractivity contribution in [3.63, 3.8) is 0 Å². The van der Waals surface area contributed by atoms with E-state index in [0.717, 1.165) is 6.54 Å². The number of piperidine rings is 1. The molecule has 0 spiro atoms. The van der Waals surface area contributed by atoms with E-state index < -0.39 is 0 Å². The van der Waals surface area contributed by atoms with E-state index >= 15 is 0 Å². The molecule has 3 heterocycles. The molecule has 0 radical (unpaired) electrons. The lowest BCUT2D eigenvalue weighted by Gasteiger charge is -2.32. The van der Waals surface area contributed by atoms with Crippen LogP contribution in [0.15, 0.2) is 30.5 Å². The number of thiazole rings is 1. The zero-order valence-corrected chi connectivity index (χ0v) is 15.4. The minimum absolute atomic E-state index is 0.685. The normalized spacial score (nSPS) is 22.2. The van der Waals surface area contributed by atoms with Crippen molar-refractivity contribution in [2.24, 2.45) is 0 Å². The van der Waals surface area contributed by atoms with Crippen molar-refractivity contribution < 1.29 is 0 Å². The molecule has 2 aromatic rings. The maximum atomic E-state index is 4.67. The second-order valence-corrected chi connectivity index (χ2v) is 8.39. The van der Waals surface area contributed by atoms with E-state index in [1.807, 2.05) is 11.3 Å². The molecular formula is C20H27N3S. The van der Waals surface area contributed by atoms with Crippen molar-refractivity contribution in [1.29, 1.82) is 0 Å². The number of likely N-dealkylation sites (tertiary alicyclic amines) is 1. The van der Waals surface area contributed by atoms with Crippen LogP contribution in [0.3, 0.4) is 0 Å². The molecule has 1 aromatic heterocycles. The fraction of sp³-hybridized carbons (Fsp3) is 0.550. The van der Waals surface area contributed by atoms with Crippen molar-refractivity contribution in [1.82, 2.24) is 9.88 Å². The molecular weight excluding hydrogens is 314 g/mol. The number of rotatable bonds is 4. The molecule has 0 amide bonds. The Morgan fingerprint density at radius 1 is 1.17 bits per heavy atom. The van der Waals surface area contributed by atoms with Crippen LogP contribution in [0.4, 0.5) is 5.13 Å². The summed E-state index contributed by atoms with van der Waals surface area (Å²) in [5.74, 6) is 0.685. The lowest BCUT2D eigenvalue weighted by Crippen LogP contribution is -2.33. The molecule has 2 aliphatic rings. The molecule has 2 fully saturated rings. The highest BCUT2D eigenvalue weighted by Gasteiger charge is 2.22. The summed E-state index contributed by atoms with van der Waals surface area (Å²) in [6.45, 7) is 8.03. The summed E-state index contributed by atoms with van der Waals surface area (Å²) in [6, 6.07) is 9.07. The number of benzene rings is 1. The van der Waals surface area contributed by atoms with Gasteiger partial charge in [-0.1, -0.05) is 29.8 Å². The van der Waals surface area contributed by atoms with E-state index in [2.05, 4.69) is 52.2 Å². The lowest BCUT2D eigenvalue weighted by molar-refractivity contribution is 0.201. The minimum Gasteiger partial charge on any atom is -0.348 e. The van der Waals surface area contributed by atoms with Crippen LogP contribution in [0.25, 0.3) is 0 Å². The van der Waals surface area contributed by atoms with Gasteiger partial charge in [0.1, 0.15) is 0 Å². The monoisotopic (exact) mass is 341 g/mol. The van der Waals surface area contributed by atoms with Gasteiger partial charge in [-0.3, -0.25) is 4.90 Å². The Kier molecular flexibility index (Phi) is 4.86. The van der Waals surface area contributed by atoms with Crippen molar-refractivity contribution in [2.45, 2.75) is 45.1 Å². The van der Waals surface area contributed by atoms with Crippen LogP contribution in [0.2, 0.25) is 0 Å². The number of hydrogen-bond acceptors (Lipinski definition) is 4. The van der Waals surface area contributed by atoms with Gasteiger partial charge < -0.3 is 4.90 Å². The second-order valence-electron chi connectivity index (χ2n) is 7.29. The van der Waals surface area contributed by atoms with Crippen molar-refractivity contribution in [3.8, 4) is 0 Å². The van der Waals surface area contributed by atoms with Gasteiger partial charge in [-0.05, 0) is 50.6 Å². The molecule has 1 atom stereocenters. The van der Waals surface area contributed by atoms with Gasteiger partial charge in [0.15, 0.2) is 5.13 Å². The Morgan fingerprint density at radius 2 is 2.04 bits per heavy atom. The summed E-state index contributed by atoms with van der Waals surface area (Å²) < 4.78 is 0. The zero-order chi connectivity index (χ0) is 16.4. The van der Waals surface area contributed by atoms with Gasteiger partial charge in [0.05, 0.1) is 0 Å². The van der Waals surface area contributed by atoms with Crippen LogP contribution < -0.4 is 4.90 Å². The van der Waals surface area contributed by atoms with Gasteiger partial charge in [-0.2, -0.15) is 0 Å². The Hall–Kier alpha value is -1.39. The van der Waals surface area contributed by atoms with Crippen LogP contribution in [-0.2, 0) is 6.54 Å². The average Bonchev–Trinajstić information content (AvgIpc) is 3.26. The van der Waals surface area contributed by atoms with Crippen molar-refractivity contribution >= 4 is 16.5 Å². The van der Waals surface area contributed by atoms with Gasteiger partial charge in [-0.25, -0.2) is 4.98 Å². The highest BCUT2D eigenvalue weighted by molar-refractivity contribution is 7.15. The standard InChI is InChI=1S/C20H27N3S/c1-16-6-4-7-17(12-16)18-8-5-9-22(14-18)15-19-13-21-20(24-19)23-10-2-3-11-23/h4,6-7,12-13,18H,2-3,5,8-11,14-15H2,1H3/t18-/m0/s1. The molecule has 0 N–H and O–H groups in total. The molecule has 2 aliphatic heterocycles. The van der Waals surface area contributed by atoms with Crippen molar-refractivity contribution in [3.05, 3.63) is 46.5 Å². The average molecular weight is 342 g/mol. The molecule has 0 bridgehead atoms. The van der Waals surface area contributed by atoms with Gasteiger partial charge in [0, 0.05) is 37.3 Å². The first-order chi connectivity index (χ1) is 11.8. The minimum atomic E-state index is 0.685. The zero-order valence-electron chi connectivity index (χ0n) is 14.6. The predicted molar refractivity (Wildman–Crippen MR) is 102 cm³/mol. The van der Waals surface area contributed by atoms with E-state index in [-0.39, 0.29) is 0 Å². The molecule has 0 unspecified atom stereocenters. The molecule has 3 nitrogen and oxygen atoms in total. The van der Waals surface area contributed by atoms with Crippen LogP contribution in [-0.4, -0.2) is 36.1 Å². The van der Waals surface area contributed by atoms with Gasteiger partial charge >= 0.3 is 0 Å². The summed E-state index contributed by atoms with van der Waals surface area (Å²) in [7, 11) is 0. The third-order valence-corrected chi connectivity index (χ3v) is 6.36. The van der Waals surface area contributed by atoms with Crippen LogP contribution in [0.5, 0.6) is 0 Å². The lowest BCUT2D eigenvalue weighted by atomic mass is 9.90. The summed E-state index contributed by atoms with van der Waals surface area (Å²) >= 11 is 1.90. The SMILES string of the molecule is Cc1cccc([C@H]2CCCN(Cc3cnc(N4CCCC4)s3)C2)c1. The summed E-state index contributed by atoms with van der Waals surface area (Å²) in [6.07, 6.45) is 7.37. The maximum Gasteiger partial charge on any atom is 0.185 e. The first kappa shape index (κ1) is 16.1. The highest BCUT2D eigenvalue weighted by atomic mass is 32.1. The number of anilines is 1. The highest BCUT2D eigenvalue weighted by Crippen LogP contribution is 2.31. The number of hydrogen-bond donors (Lipinski definition) is 0. The predicted octanol–water partition coefficient (Wildman–Crippen LogP) is 4.43. The van der Waals surface area contributed by atoms with E-state index in [0.29, 0.717) is 5.92 Å². The quantitative estimate of drug-likeness (QED) is 0.820. The summed E-state index contributed by atoms with van der Waals surface area (Å²) in [5.41, 5.74) is 2.89. The molecule has 0 aliphatic carbocycles. The van der Waals surface area contributed by atoms with E-state index in [1.54, 1.807) is 0 Å². The first-order valence-corrected chi connectivity index (χ1v) is 10.1. The molecule has 0 saturated carbocycles. The Morgan fingerprint density at radius 3 is 2.88 bits per heavy atom. The van der Waals surface area contributed by atoms with Crippen LogP contribution in [0.1, 0.15) is 47.6 Å². The third kappa shape index (κ3) is 3.65. The second kappa shape index (κ2) is 7.24. The maximum absolute atomic E-state index is 4.67. The third-order valence-electron chi connectivity index (χ3n) is 5.32. The fourth-order valence-corrected chi connectivity index (χ4v) is 5.04. The Bertz CT molecular complexity index is 675. The van der Waals surface area contributed by atoms with Crippen molar-refractivity contribution in [2.75, 3.05) is 31.1 Å². The molecule has 1 aromatic carbocycles. The largest absolute Gasteiger partial charge is 0.348 e. The first-order valence-electron chi connectivity index (χ1n) is 9.26. The molecule has 2 saturated heterocycles. The van der Waals surface area contributed by atoms with Gasteiger partial charge in [0.2, 0.25) is 0 Å². The number of nitrogens with zero attached hydrogens (tertiary/aromatic N) is 3. The van der Waals surface area contributed by atoms with Crippen LogP contribution >= 0.6 is 11.3 Å².